The average Bonchev–Trinajstić information content (AvgIpc) is 3.37. The quantitative estimate of drug-likeness (QED) is 0.410. The standard InChI is InChI=1S/C25H23N3O3/c29-24(18-21(19-8-3-1-4-9-19)20-10-5-2-6-11-20)26-15-17-31-25-14-13-22(27-28-25)23-12-7-16-30-23/h1-14,16,21H,15,17-18H2,(H,26,29). The number of aromatic nitrogens is 2. The number of carbonyl (C=O) groups is 1. The molecule has 0 aliphatic heterocycles. The van der Waals surface area contributed by atoms with E-state index in [2.05, 4.69) is 39.8 Å². The molecule has 2 heterocycles. The van der Waals surface area contributed by atoms with Crippen LogP contribution in [0.1, 0.15) is 23.5 Å². The molecule has 0 atom stereocenters. The van der Waals surface area contributed by atoms with E-state index in [4.69, 9.17) is 9.15 Å². The van der Waals surface area contributed by atoms with E-state index in [-0.39, 0.29) is 11.8 Å². The summed E-state index contributed by atoms with van der Waals surface area (Å²) in [6, 6.07) is 27.3. The van der Waals surface area contributed by atoms with Crippen molar-refractivity contribution in [1.82, 2.24) is 15.5 Å². The minimum Gasteiger partial charge on any atom is -0.475 e. The van der Waals surface area contributed by atoms with E-state index in [9.17, 15) is 4.79 Å². The Morgan fingerprint density at radius 1 is 0.871 bits per heavy atom. The summed E-state index contributed by atoms with van der Waals surface area (Å²) in [5.74, 6) is 1.03. The van der Waals surface area contributed by atoms with Gasteiger partial charge in [0.1, 0.15) is 12.3 Å². The van der Waals surface area contributed by atoms with Crippen LogP contribution in [0, 0.1) is 0 Å². The second kappa shape index (κ2) is 10.2. The predicted octanol–water partition coefficient (Wildman–Crippen LogP) is 4.45. The van der Waals surface area contributed by atoms with Gasteiger partial charge in [0.05, 0.1) is 12.8 Å². The van der Waals surface area contributed by atoms with Crippen LogP contribution in [-0.4, -0.2) is 29.3 Å². The van der Waals surface area contributed by atoms with Crippen LogP contribution in [0.5, 0.6) is 5.88 Å². The van der Waals surface area contributed by atoms with Crippen molar-refractivity contribution in [1.29, 1.82) is 0 Å². The molecule has 6 heteroatoms. The third kappa shape index (κ3) is 5.57. The molecule has 0 saturated carbocycles. The van der Waals surface area contributed by atoms with Gasteiger partial charge in [-0.2, -0.15) is 0 Å². The maximum atomic E-state index is 12.6. The molecule has 4 aromatic rings. The first-order valence-corrected chi connectivity index (χ1v) is 10.2. The number of nitrogens with one attached hydrogen (secondary N) is 1. The van der Waals surface area contributed by atoms with E-state index < -0.39 is 0 Å². The van der Waals surface area contributed by atoms with Crippen LogP contribution >= 0.6 is 0 Å². The molecule has 2 aromatic heterocycles. The molecule has 4 rings (SSSR count). The molecular weight excluding hydrogens is 390 g/mol. The van der Waals surface area contributed by atoms with Gasteiger partial charge in [0.15, 0.2) is 5.76 Å². The zero-order chi connectivity index (χ0) is 21.3. The van der Waals surface area contributed by atoms with Crippen molar-refractivity contribution in [2.24, 2.45) is 0 Å². The summed E-state index contributed by atoms with van der Waals surface area (Å²) < 4.78 is 10.9. The highest BCUT2D eigenvalue weighted by Gasteiger charge is 2.17. The van der Waals surface area contributed by atoms with Gasteiger partial charge in [-0.15, -0.1) is 10.2 Å². The zero-order valence-electron chi connectivity index (χ0n) is 17.0. The summed E-state index contributed by atoms with van der Waals surface area (Å²) in [5.41, 5.74) is 2.87. The van der Waals surface area contributed by atoms with Crippen molar-refractivity contribution in [2.45, 2.75) is 12.3 Å². The summed E-state index contributed by atoms with van der Waals surface area (Å²) in [6.45, 7) is 0.693. The van der Waals surface area contributed by atoms with Gasteiger partial charge in [-0.1, -0.05) is 60.7 Å². The number of ether oxygens (including phenoxy) is 1. The molecule has 1 amide bonds. The van der Waals surface area contributed by atoms with Crippen molar-refractivity contribution in [3.05, 3.63) is 102 Å². The Morgan fingerprint density at radius 2 is 1.58 bits per heavy atom. The van der Waals surface area contributed by atoms with E-state index in [0.29, 0.717) is 36.9 Å². The lowest BCUT2D eigenvalue weighted by atomic mass is 9.88. The van der Waals surface area contributed by atoms with Crippen LogP contribution in [0.2, 0.25) is 0 Å². The lowest BCUT2D eigenvalue weighted by Gasteiger charge is -2.18. The highest BCUT2D eigenvalue weighted by Crippen LogP contribution is 2.27. The van der Waals surface area contributed by atoms with Gasteiger partial charge in [0, 0.05) is 18.4 Å². The van der Waals surface area contributed by atoms with Crippen molar-refractivity contribution in [3.8, 4) is 17.3 Å². The molecule has 0 aliphatic carbocycles. The van der Waals surface area contributed by atoms with Crippen LogP contribution < -0.4 is 10.1 Å². The normalized spacial score (nSPS) is 10.7. The Labute approximate surface area is 180 Å². The Balaban J connectivity index is 1.28. The molecule has 0 saturated heterocycles. The Bertz CT molecular complexity index is 1030. The van der Waals surface area contributed by atoms with Crippen molar-refractivity contribution < 1.29 is 13.9 Å². The maximum absolute atomic E-state index is 12.6. The first-order chi connectivity index (χ1) is 15.3. The molecule has 6 nitrogen and oxygen atoms in total. The molecule has 0 spiro atoms. The number of hydrogen-bond acceptors (Lipinski definition) is 5. The third-order valence-corrected chi connectivity index (χ3v) is 4.88. The first-order valence-electron chi connectivity index (χ1n) is 10.2. The fourth-order valence-corrected chi connectivity index (χ4v) is 3.36. The van der Waals surface area contributed by atoms with Gasteiger partial charge >= 0.3 is 0 Å². The van der Waals surface area contributed by atoms with E-state index in [1.165, 1.54) is 0 Å². The molecule has 31 heavy (non-hydrogen) atoms. The van der Waals surface area contributed by atoms with Gasteiger partial charge in [0.2, 0.25) is 11.8 Å². The van der Waals surface area contributed by atoms with Gasteiger partial charge in [-0.25, -0.2) is 0 Å². The van der Waals surface area contributed by atoms with Crippen molar-refractivity contribution >= 4 is 5.91 Å². The second-order valence-corrected chi connectivity index (χ2v) is 7.01. The summed E-state index contributed by atoms with van der Waals surface area (Å²) in [6.07, 6.45) is 1.95. The predicted molar refractivity (Wildman–Crippen MR) is 118 cm³/mol. The minimum absolute atomic E-state index is 0.00308. The molecular formula is C25H23N3O3. The van der Waals surface area contributed by atoms with Crippen LogP contribution in [0.25, 0.3) is 11.5 Å². The smallest absolute Gasteiger partial charge is 0.233 e. The van der Waals surface area contributed by atoms with Gasteiger partial charge in [-0.05, 0) is 29.3 Å². The van der Waals surface area contributed by atoms with Crippen LogP contribution in [0.15, 0.2) is 95.6 Å². The Kier molecular flexibility index (Phi) is 6.70. The number of benzene rings is 2. The lowest BCUT2D eigenvalue weighted by Crippen LogP contribution is -2.29. The van der Waals surface area contributed by atoms with E-state index >= 15 is 0 Å². The summed E-state index contributed by atoms with van der Waals surface area (Å²) in [4.78, 5) is 12.6. The third-order valence-electron chi connectivity index (χ3n) is 4.88. The Morgan fingerprint density at radius 3 is 2.16 bits per heavy atom. The van der Waals surface area contributed by atoms with Gasteiger partial charge in [-0.3, -0.25) is 4.79 Å². The molecule has 0 unspecified atom stereocenters. The summed E-state index contributed by atoms with van der Waals surface area (Å²) >= 11 is 0. The van der Waals surface area contributed by atoms with Crippen LogP contribution in [-0.2, 0) is 4.79 Å². The topological polar surface area (TPSA) is 77.2 Å². The number of hydrogen-bond donors (Lipinski definition) is 1. The number of carbonyl (C=O) groups excluding carboxylic acids is 1. The monoisotopic (exact) mass is 413 g/mol. The second-order valence-electron chi connectivity index (χ2n) is 7.01. The van der Waals surface area contributed by atoms with Gasteiger partial charge in [0.25, 0.3) is 0 Å². The number of amides is 1. The molecule has 0 aliphatic rings. The highest BCUT2D eigenvalue weighted by atomic mass is 16.5. The maximum Gasteiger partial charge on any atom is 0.233 e. The number of rotatable bonds is 9. The largest absolute Gasteiger partial charge is 0.475 e. The van der Waals surface area contributed by atoms with E-state index in [1.807, 2.05) is 42.5 Å². The molecule has 1 N–H and O–H groups in total. The van der Waals surface area contributed by atoms with Crippen molar-refractivity contribution in [2.75, 3.05) is 13.2 Å². The van der Waals surface area contributed by atoms with Crippen LogP contribution in [0.4, 0.5) is 0 Å². The van der Waals surface area contributed by atoms with Gasteiger partial charge < -0.3 is 14.5 Å². The average molecular weight is 413 g/mol. The minimum atomic E-state index is -0.0273. The molecule has 2 aromatic carbocycles. The molecule has 156 valence electrons. The van der Waals surface area contributed by atoms with E-state index in [0.717, 1.165) is 11.1 Å². The summed E-state index contributed by atoms with van der Waals surface area (Å²) in [5, 5.41) is 11.0. The fourth-order valence-electron chi connectivity index (χ4n) is 3.36. The lowest BCUT2D eigenvalue weighted by molar-refractivity contribution is -0.121. The van der Waals surface area contributed by atoms with Crippen molar-refractivity contribution in [3.63, 3.8) is 0 Å². The first kappa shape index (κ1) is 20.3. The molecule has 0 bridgehead atoms. The zero-order valence-corrected chi connectivity index (χ0v) is 17.0. The molecule has 0 radical (unpaired) electrons. The highest BCUT2D eigenvalue weighted by molar-refractivity contribution is 5.77. The number of nitrogens with zero attached hydrogens (tertiary/aromatic N) is 2. The fraction of sp³-hybridized carbons (Fsp3) is 0.160. The number of furan rings is 1. The van der Waals surface area contributed by atoms with Crippen LogP contribution in [0.3, 0.4) is 0 Å². The summed E-state index contributed by atoms with van der Waals surface area (Å²) in [7, 11) is 0. The SMILES string of the molecule is O=C(CC(c1ccccc1)c1ccccc1)NCCOc1ccc(-c2ccco2)nn1. The Hall–Kier alpha value is -3.93. The van der Waals surface area contributed by atoms with E-state index in [1.54, 1.807) is 24.5 Å². The molecule has 0 fully saturated rings.